The lowest BCUT2D eigenvalue weighted by atomic mass is 10.1. The van der Waals surface area contributed by atoms with Crippen LogP contribution in [0.2, 0.25) is 0 Å². The van der Waals surface area contributed by atoms with Crippen molar-refractivity contribution < 1.29 is 23.5 Å². The van der Waals surface area contributed by atoms with Crippen LogP contribution >= 0.6 is 0 Å². The molecule has 4 rings (SSSR count). The summed E-state index contributed by atoms with van der Waals surface area (Å²) in [6.07, 6.45) is 0.875. The number of amides is 3. The summed E-state index contributed by atoms with van der Waals surface area (Å²) in [6, 6.07) is 6.19. The minimum Gasteiger partial charge on any atom is -0.482 e. The van der Waals surface area contributed by atoms with Gasteiger partial charge in [-0.2, -0.15) is 5.10 Å². The summed E-state index contributed by atoms with van der Waals surface area (Å²) in [5, 5.41) is 8.97. The maximum absolute atomic E-state index is 13.8. The molecule has 0 radical (unpaired) electrons. The molecule has 10 nitrogen and oxygen atoms in total. The fourth-order valence-corrected chi connectivity index (χ4v) is 2.74. The van der Waals surface area contributed by atoms with Gasteiger partial charge in [-0.3, -0.25) is 14.4 Å². The Morgan fingerprint density at radius 2 is 2.18 bits per heavy atom. The number of fused-ring (bicyclic) bond motifs is 2. The predicted molar refractivity (Wildman–Crippen MR) is 93.2 cm³/mol. The monoisotopic (exact) mass is 384 g/mol. The lowest BCUT2D eigenvalue weighted by Gasteiger charge is -2.18. The molecule has 0 spiro atoms. The van der Waals surface area contributed by atoms with Crippen LogP contribution in [0.4, 0.5) is 10.1 Å². The van der Waals surface area contributed by atoms with E-state index in [1.165, 1.54) is 0 Å². The number of primary amides is 1. The molecule has 0 aliphatic carbocycles. The predicted octanol–water partition coefficient (Wildman–Crippen LogP) is 0.228. The molecule has 3 aromatic rings. The zero-order valence-electron chi connectivity index (χ0n) is 14.2. The average Bonchev–Trinajstić information content (AvgIpc) is 3.05. The van der Waals surface area contributed by atoms with Crippen LogP contribution in [-0.2, 0) is 11.3 Å². The van der Waals surface area contributed by atoms with E-state index in [4.69, 9.17) is 10.5 Å². The summed E-state index contributed by atoms with van der Waals surface area (Å²) in [4.78, 5) is 39.3. The zero-order chi connectivity index (χ0) is 19.8. The van der Waals surface area contributed by atoms with Gasteiger partial charge in [0.2, 0.25) is 0 Å². The average molecular weight is 384 g/mol. The van der Waals surface area contributed by atoms with Crippen molar-refractivity contribution in [2.45, 2.75) is 6.54 Å². The Kier molecular flexibility index (Phi) is 4.11. The van der Waals surface area contributed by atoms with Crippen LogP contribution in [0.1, 0.15) is 26.5 Å². The normalized spacial score (nSPS) is 12.8. The minimum atomic E-state index is -0.880. The molecule has 2 aromatic heterocycles. The third-order valence-electron chi connectivity index (χ3n) is 4.04. The van der Waals surface area contributed by atoms with E-state index in [1.807, 2.05) is 0 Å². The second-order valence-corrected chi connectivity index (χ2v) is 5.97. The Morgan fingerprint density at radius 1 is 1.36 bits per heavy atom. The molecule has 0 fully saturated rings. The highest BCUT2D eigenvalue weighted by Gasteiger charge is 2.19. The molecular formula is C17H13FN6O4. The third-order valence-corrected chi connectivity index (χ3v) is 4.04. The number of nitrogens with zero attached hydrogens (tertiary/aromatic N) is 3. The van der Waals surface area contributed by atoms with Gasteiger partial charge in [0.25, 0.3) is 17.7 Å². The molecule has 1 aliphatic rings. The van der Waals surface area contributed by atoms with Gasteiger partial charge in [-0.05, 0) is 17.7 Å². The molecule has 0 unspecified atom stereocenters. The van der Waals surface area contributed by atoms with E-state index in [-0.39, 0.29) is 36.1 Å². The first-order valence-electron chi connectivity index (χ1n) is 8.10. The first-order valence-corrected chi connectivity index (χ1v) is 8.10. The molecule has 3 amide bonds. The van der Waals surface area contributed by atoms with Gasteiger partial charge in [0, 0.05) is 12.6 Å². The highest BCUT2D eigenvalue weighted by molar-refractivity contribution is 5.98. The van der Waals surface area contributed by atoms with Crippen molar-refractivity contribution in [2.75, 3.05) is 11.9 Å². The van der Waals surface area contributed by atoms with Gasteiger partial charge in [0.05, 0.1) is 11.9 Å². The van der Waals surface area contributed by atoms with Crippen LogP contribution in [-0.4, -0.2) is 38.9 Å². The van der Waals surface area contributed by atoms with Crippen LogP contribution in [0.15, 0.2) is 30.5 Å². The van der Waals surface area contributed by atoms with Gasteiger partial charge < -0.3 is 21.1 Å². The number of nitrogens with one attached hydrogen (secondary N) is 2. The first-order chi connectivity index (χ1) is 13.4. The maximum atomic E-state index is 13.8. The van der Waals surface area contributed by atoms with Crippen LogP contribution < -0.4 is 21.1 Å². The van der Waals surface area contributed by atoms with E-state index in [2.05, 4.69) is 20.7 Å². The Morgan fingerprint density at radius 3 is 2.96 bits per heavy atom. The number of hydrogen-bond acceptors (Lipinski definition) is 6. The molecule has 11 heteroatoms. The Hall–Kier alpha value is -4.02. The minimum absolute atomic E-state index is 0.0510. The molecule has 4 N–H and O–H groups in total. The Bertz CT molecular complexity index is 1140. The largest absolute Gasteiger partial charge is 0.482 e. The third kappa shape index (κ3) is 3.09. The van der Waals surface area contributed by atoms with Crippen LogP contribution in [0, 0.1) is 5.82 Å². The summed E-state index contributed by atoms with van der Waals surface area (Å²) >= 11 is 0. The molecule has 0 saturated carbocycles. The highest BCUT2D eigenvalue weighted by atomic mass is 19.1. The molecule has 0 saturated heterocycles. The number of carbonyl (C=O) groups is 3. The van der Waals surface area contributed by atoms with E-state index < -0.39 is 17.6 Å². The second kappa shape index (κ2) is 6.61. The summed E-state index contributed by atoms with van der Waals surface area (Å²) in [5.41, 5.74) is 5.82. The zero-order valence-corrected chi connectivity index (χ0v) is 14.2. The number of aromatic nitrogens is 3. The van der Waals surface area contributed by atoms with Crippen molar-refractivity contribution in [2.24, 2.45) is 5.73 Å². The quantitative estimate of drug-likeness (QED) is 0.588. The van der Waals surface area contributed by atoms with Gasteiger partial charge >= 0.3 is 0 Å². The molecule has 142 valence electrons. The van der Waals surface area contributed by atoms with E-state index in [9.17, 15) is 18.8 Å². The number of ether oxygens (including phenoxy) is 1. The van der Waals surface area contributed by atoms with E-state index in [0.717, 1.165) is 16.8 Å². The van der Waals surface area contributed by atoms with Crippen molar-refractivity contribution >= 4 is 29.1 Å². The number of anilines is 1. The molecule has 3 heterocycles. The first kappa shape index (κ1) is 17.4. The SMILES string of the molecule is NC(=O)c1cc(C(=O)NCc2ccc3c(c2)NC(=O)CO3)nc2c(F)cnn12. The summed E-state index contributed by atoms with van der Waals surface area (Å²) in [5.74, 6) is -2.04. The fraction of sp³-hybridized carbons (Fsp3) is 0.118. The van der Waals surface area contributed by atoms with Crippen molar-refractivity contribution in [1.29, 1.82) is 0 Å². The van der Waals surface area contributed by atoms with Crippen LogP contribution in [0.25, 0.3) is 5.65 Å². The van der Waals surface area contributed by atoms with Gasteiger partial charge in [0.15, 0.2) is 18.1 Å². The Labute approximate surface area is 156 Å². The van der Waals surface area contributed by atoms with Crippen molar-refractivity contribution in [3.63, 3.8) is 0 Å². The second-order valence-electron chi connectivity index (χ2n) is 5.97. The molecule has 1 aromatic carbocycles. The van der Waals surface area contributed by atoms with Crippen molar-refractivity contribution in [3.05, 3.63) is 53.2 Å². The molecule has 0 bridgehead atoms. The van der Waals surface area contributed by atoms with Crippen LogP contribution in [0.3, 0.4) is 0 Å². The van der Waals surface area contributed by atoms with Gasteiger partial charge in [0.1, 0.15) is 17.1 Å². The van der Waals surface area contributed by atoms with E-state index >= 15 is 0 Å². The number of hydrogen-bond donors (Lipinski definition) is 3. The lowest BCUT2D eigenvalue weighted by molar-refractivity contribution is -0.118. The highest BCUT2D eigenvalue weighted by Crippen LogP contribution is 2.28. The van der Waals surface area contributed by atoms with E-state index in [0.29, 0.717) is 17.0 Å². The number of benzene rings is 1. The van der Waals surface area contributed by atoms with Crippen molar-refractivity contribution in [3.8, 4) is 5.75 Å². The number of rotatable bonds is 4. The molecule has 1 aliphatic heterocycles. The van der Waals surface area contributed by atoms with E-state index in [1.54, 1.807) is 18.2 Å². The van der Waals surface area contributed by atoms with Gasteiger partial charge in [-0.1, -0.05) is 6.07 Å². The smallest absolute Gasteiger partial charge is 0.270 e. The number of nitrogens with two attached hydrogens (primary N) is 1. The number of halogens is 1. The maximum Gasteiger partial charge on any atom is 0.270 e. The Balaban J connectivity index is 1.56. The van der Waals surface area contributed by atoms with Gasteiger partial charge in [-0.15, -0.1) is 0 Å². The van der Waals surface area contributed by atoms with Crippen LogP contribution in [0.5, 0.6) is 5.75 Å². The summed E-state index contributed by atoms with van der Waals surface area (Å²) < 4.78 is 20.0. The lowest BCUT2D eigenvalue weighted by Crippen LogP contribution is -2.27. The molecule has 0 atom stereocenters. The topological polar surface area (TPSA) is 141 Å². The fourth-order valence-electron chi connectivity index (χ4n) is 2.74. The summed E-state index contributed by atoms with van der Waals surface area (Å²) in [6.45, 7) is 0.0487. The molecule has 28 heavy (non-hydrogen) atoms. The summed E-state index contributed by atoms with van der Waals surface area (Å²) in [7, 11) is 0. The number of carbonyl (C=O) groups excluding carboxylic acids is 3. The standard InChI is InChI=1S/C17H13FN6O4/c18-9-6-21-24-12(15(19)26)4-11(23-16(9)24)17(27)20-5-8-1-2-13-10(3-8)22-14(25)7-28-13/h1-4,6H,5,7H2,(H2,19,26)(H,20,27)(H,22,25). The van der Waals surface area contributed by atoms with Gasteiger partial charge in [-0.25, -0.2) is 13.9 Å². The van der Waals surface area contributed by atoms with Crippen molar-refractivity contribution in [1.82, 2.24) is 19.9 Å². The molecular weight excluding hydrogens is 371 g/mol.